The van der Waals surface area contributed by atoms with Crippen LogP contribution in [0, 0.1) is 11.7 Å². The van der Waals surface area contributed by atoms with Gasteiger partial charge in [0.05, 0.1) is 12.7 Å². The summed E-state index contributed by atoms with van der Waals surface area (Å²) in [5.41, 5.74) is 0.896. The Kier molecular flexibility index (Phi) is 4.21. The number of benzene rings is 1. The van der Waals surface area contributed by atoms with Crippen molar-refractivity contribution in [1.29, 1.82) is 0 Å². The van der Waals surface area contributed by atoms with Crippen molar-refractivity contribution in [3.63, 3.8) is 0 Å². The standard InChI is InChI=1S/C18H17ClFN3O2/c1-24-14-4-2-3-13(20)12(14)10-25-15-7-8-23-16(9-11-5-6-11)21-22-18(23)17(15)19/h2-4,7-8,11H,5-6,9-10H2,1H3. The molecule has 1 aliphatic carbocycles. The predicted molar refractivity (Wildman–Crippen MR) is 91.7 cm³/mol. The highest BCUT2D eigenvalue weighted by atomic mass is 35.5. The first kappa shape index (κ1) is 16.1. The highest BCUT2D eigenvalue weighted by Gasteiger charge is 2.24. The van der Waals surface area contributed by atoms with E-state index in [1.807, 2.05) is 10.6 Å². The topological polar surface area (TPSA) is 48.7 Å². The Balaban J connectivity index is 1.59. The summed E-state index contributed by atoms with van der Waals surface area (Å²) >= 11 is 6.41. The van der Waals surface area contributed by atoms with E-state index in [-0.39, 0.29) is 12.4 Å². The zero-order chi connectivity index (χ0) is 17.4. The summed E-state index contributed by atoms with van der Waals surface area (Å²) in [6, 6.07) is 6.40. The van der Waals surface area contributed by atoms with Crippen LogP contribution < -0.4 is 9.47 Å². The molecule has 3 aromatic rings. The van der Waals surface area contributed by atoms with Crippen molar-refractivity contribution in [1.82, 2.24) is 14.6 Å². The van der Waals surface area contributed by atoms with Gasteiger partial charge >= 0.3 is 0 Å². The van der Waals surface area contributed by atoms with Crippen LogP contribution in [0.4, 0.5) is 4.39 Å². The molecule has 1 saturated carbocycles. The van der Waals surface area contributed by atoms with Crippen LogP contribution in [0.15, 0.2) is 30.5 Å². The molecule has 1 fully saturated rings. The van der Waals surface area contributed by atoms with Crippen molar-refractivity contribution in [2.24, 2.45) is 5.92 Å². The molecular weight excluding hydrogens is 345 g/mol. The lowest BCUT2D eigenvalue weighted by Crippen LogP contribution is -2.03. The lowest BCUT2D eigenvalue weighted by atomic mass is 10.2. The second kappa shape index (κ2) is 6.52. The number of ether oxygens (including phenoxy) is 2. The molecule has 1 aromatic carbocycles. The highest BCUT2D eigenvalue weighted by molar-refractivity contribution is 6.34. The second-order valence-electron chi connectivity index (χ2n) is 6.16. The van der Waals surface area contributed by atoms with Crippen molar-refractivity contribution >= 4 is 17.2 Å². The molecule has 0 N–H and O–H groups in total. The largest absolute Gasteiger partial charge is 0.496 e. The van der Waals surface area contributed by atoms with E-state index >= 15 is 0 Å². The molecule has 4 rings (SSSR count). The van der Waals surface area contributed by atoms with E-state index in [1.165, 1.54) is 26.0 Å². The van der Waals surface area contributed by atoms with Gasteiger partial charge in [-0.25, -0.2) is 4.39 Å². The van der Waals surface area contributed by atoms with Crippen LogP contribution in [0.3, 0.4) is 0 Å². The summed E-state index contributed by atoms with van der Waals surface area (Å²) in [5, 5.41) is 8.77. The summed E-state index contributed by atoms with van der Waals surface area (Å²) in [6.07, 6.45) is 5.24. The summed E-state index contributed by atoms with van der Waals surface area (Å²) in [6.45, 7) is 0.00874. The monoisotopic (exact) mass is 361 g/mol. The maximum Gasteiger partial charge on any atom is 0.183 e. The smallest absolute Gasteiger partial charge is 0.183 e. The second-order valence-corrected chi connectivity index (χ2v) is 6.54. The number of nitrogens with zero attached hydrogens (tertiary/aromatic N) is 3. The quantitative estimate of drug-likeness (QED) is 0.664. The van der Waals surface area contributed by atoms with Gasteiger partial charge in [0.1, 0.15) is 34.8 Å². The van der Waals surface area contributed by atoms with Crippen LogP contribution in [0.5, 0.6) is 11.5 Å². The van der Waals surface area contributed by atoms with E-state index in [9.17, 15) is 4.39 Å². The zero-order valence-electron chi connectivity index (χ0n) is 13.7. The van der Waals surface area contributed by atoms with E-state index in [2.05, 4.69) is 10.2 Å². The molecule has 0 spiro atoms. The summed E-state index contributed by atoms with van der Waals surface area (Å²) in [4.78, 5) is 0. The number of hydrogen-bond donors (Lipinski definition) is 0. The van der Waals surface area contributed by atoms with Gasteiger partial charge in [-0.2, -0.15) is 0 Å². The lowest BCUT2D eigenvalue weighted by Gasteiger charge is -2.12. The molecule has 130 valence electrons. The van der Waals surface area contributed by atoms with Gasteiger partial charge in [-0.1, -0.05) is 17.7 Å². The van der Waals surface area contributed by atoms with E-state index in [4.69, 9.17) is 21.1 Å². The Labute approximate surface area is 149 Å². The third-order valence-electron chi connectivity index (χ3n) is 4.39. The Bertz CT molecular complexity index is 924. The SMILES string of the molecule is COc1cccc(F)c1COc1ccn2c(CC3CC3)nnc2c1Cl. The summed E-state index contributed by atoms with van der Waals surface area (Å²) < 4.78 is 26.8. The molecule has 5 nitrogen and oxygen atoms in total. The normalized spacial score (nSPS) is 14.0. The Morgan fingerprint density at radius 1 is 1.24 bits per heavy atom. The first-order valence-corrected chi connectivity index (χ1v) is 8.51. The molecule has 0 atom stereocenters. The van der Waals surface area contributed by atoms with Gasteiger partial charge in [-0.15, -0.1) is 10.2 Å². The summed E-state index contributed by atoms with van der Waals surface area (Å²) in [7, 11) is 1.49. The number of methoxy groups -OCH3 is 1. The van der Waals surface area contributed by atoms with Crippen molar-refractivity contribution in [3.8, 4) is 11.5 Å². The van der Waals surface area contributed by atoms with E-state index in [0.29, 0.717) is 33.7 Å². The van der Waals surface area contributed by atoms with Crippen LogP contribution in [0.1, 0.15) is 24.2 Å². The predicted octanol–water partition coefficient (Wildman–Crippen LogP) is 4.06. The molecule has 0 saturated heterocycles. The molecule has 25 heavy (non-hydrogen) atoms. The third-order valence-corrected chi connectivity index (χ3v) is 4.75. The van der Waals surface area contributed by atoms with Crippen LogP contribution in [0.25, 0.3) is 5.65 Å². The Morgan fingerprint density at radius 3 is 2.84 bits per heavy atom. The Hall–Kier alpha value is -2.34. The highest BCUT2D eigenvalue weighted by Crippen LogP contribution is 2.34. The van der Waals surface area contributed by atoms with Gasteiger partial charge < -0.3 is 9.47 Å². The van der Waals surface area contributed by atoms with E-state index in [1.54, 1.807) is 18.2 Å². The molecule has 0 bridgehead atoms. The van der Waals surface area contributed by atoms with E-state index in [0.717, 1.165) is 12.2 Å². The first-order chi connectivity index (χ1) is 12.2. The molecule has 0 unspecified atom stereocenters. The van der Waals surface area contributed by atoms with Gasteiger partial charge in [-0.3, -0.25) is 4.40 Å². The van der Waals surface area contributed by atoms with Crippen molar-refractivity contribution in [2.45, 2.75) is 25.9 Å². The van der Waals surface area contributed by atoms with Crippen LogP contribution in [-0.2, 0) is 13.0 Å². The van der Waals surface area contributed by atoms with Gasteiger partial charge in [0.15, 0.2) is 5.65 Å². The zero-order valence-corrected chi connectivity index (χ0v) is 14.5. The molecule has 2 aromatic heterocycles. The minimum atomic E-state index is -0.384. The van der Waals surface area contributed by atoms with Crippen LogP contribution >= 0.6 is 11.6 Å². The number of aromatic nitrogens is 3. The number of hydrogen-bond acceptors (Lipinski definition) is 4. The molecule has 7 heteroatoms. The number of fused-ring (bicyclic) bond motifs is 1. The molecule has 1 aliphatic rings. The Morgan fingerprint density at radius 2 is 2.08 bits per heavy atom. The minimum Gasteiger partial charge on any atom is -0.496 e. The maximum atomic E-state index is 14.0. The van der Waals surface area contributed by atoms with Crippen molar-refractivity contribution in [2.75, 3.05) is 7.11 Å². The van der Waals surface area contributed by atoms with E-state index < -0.39 is 0 Å². The molecule has 0 radical (unpaired) electrons. The number of rotatable bonds is 6. The maximum absolute atomic E-state index is 14.0. The molecular formula is C18H17ClFN3O2. The average Bonchev–Trinajstić information content (AvgIpc) is 3.34. The first-order valence-electron chi connectivity index (χ1n) is 8.13. The lowest BCUT2D eigenvalue weighted by molar-refractivity contribution is 0.289. The molecule has 2 heterocycles. The van der Waals surface area contributed by atoms with Gasteiger partial charge in [0.25, 0.3) is 0 Å². The molecule has 0 aliphatic heterocycles. The van der Waals surface area contributed by atoms with Crippen LogP contribution in [-0.4, -0.2) is 21.7 Å². The fraction of sp³-hybridized carbons (Fsp3) is 0.333. The fourth-order valence-electron chi connectivity index (χ4n) is 2.81. The number of halogens is 2. The van der Waals surface area contributed by atoms with Crippen LogP contribution in [0.2, 0.25) is 5.02 Å². The minimum absolute atomic E-state index is 0.00874. The average molecular weight is 362 g/mol. The number of pyridine rings is 1. The fourth-order valence-corrected chi connectivity index (χ4v) is 3.05. The van der Waals surface area contributed by atoms with Crippen molar-refractivity contribution < 1.29 is 13.9 Å². The van der Waals surface area contributed by atoms with Gasteiger partial charge in [-0.05, 0) is 37.0 Å². The summed E-state index contributed by atoms with van der Waals surface area (Å²) in [5.74, 6) is 2.10. The van der Waals surface area contributed by atoms with Gasteiger partial charge in [0.2, 0.25) is 0 Å². The van der Waals surface area contributed by atoms with Crippen molar-refractivity contribution in [3.05, 3.63) is 52.7 Å². The van der Waals surface area contributed by atoms with Gasteiger partial charge in [0, 0.05) is 12.6 Å². The molecule has 0 amide bonds. The third kappa shape index (κ3) is 3.14.